The highest BCUT2D eigenvalue weighted by Crippen LogP contribution is 2.16. The summed E-state index contributed by atoms with van der Waals surface area (Å²) in [5.74, 6) is 0.897. The molecule has 1 heterocycles. The zero-order valence-electron chi connectivity index (χ0n) is 8.90. The van der Waals surface area contributed by atoms with Crippen molar-refractivity contribution < 1.29 is 13.5 Å². The Balaban J connectivity index is 1.95. The molecule has 0 bridgehead atoms. The number of rotatable bonds is 5. The molecule has 17 heavy (non-hydrogen) atoms. The van der Waals surface area contributed by atoms with Crippen molar-refractivity contribution in [1.82, 2.24) is 10.2 Å². The average molecular weight is 257 g/mol. The number of nitrogens with zero attached hydrogens (tertiary/aromatic N) is 2. The zero-order valence-corrected chi connectivity index (χ0v) is 9.65. The Bertz CT molecular complexity index is 490. The van der Waals surface area contributed by atoms with Gasteiger partial charge in [-0.15, -0.1) is 21.8 Å². The number of halogens is 2. The minimum atomic E-state index is -0.423. The van der Waals surface area contributed by atoms with E-state index in [0.717, 1.165) is 0 Å². The number of hydrogen-bond donors (Lipinski definition) is 0. The lowest BCUT2D eigenvalue weighted by Gasteiger charge is -2.03. The summed E-state index contributed by atoms with van der Waals surface area (Å²) in [6.07, 6.45) is 0.508. The van der Waals surface area contributed by atoms with Crippen molar-refractivity contribution in [1.29, 1.82) is 0 Å². The largest absolute Gasteiger partial charge is 0.481 e. The van der Waals surface area contributed by atoms with Crippen molar-refractivity contribution in [3.63, 3.8) is 0 Å². The molecular weight excluding hydrogens is 247 g/mol. The molecule has 0 aliphatic heterocycles. The first kappa shape index (κ1) is 11.9. The number of para-hydroxylation sites is 1. The maximum Gasteiger partial charge on any atom is 0.253 e. The SMILES string of the molecule is Fc1ccccc1OCc1nnc(CCCl)o1. The Morgan fingerprint density at radius 3 is 2.76 bits per heavy atom. The van der Waals surface area contributed by atoms with Crippen molar-refractivity contribution in [3.8, 4) is 5.75 Å². The van der Waals surface area contributed by atoms with Gasteiger partial charge in [-0.2, -0.15) is 0 Å². The third-order valence-corrected chi connectivity index (χ3v) is 2.19. The third-order valence-electron chi connectivity index (χ3n) is 2.00. The highest BCUT2D eigenvalue weighted by atomic mass is 35.5. The van der Waals surface area contributed by atoms with Gasteiger partial charge in [-0.25, -0.2) is 4.39 Å². The van der Waals surface area contributed by atoms with Gasteiger partial charge in [-0.05, 0) is 12.1 Å². The maximum absolute atomic E-state index is 13.2. The van der Waals surface area contributed by atoms with E-state index in [1.165, 1.54) is 12.1 Å². The molecule has 0 spiro atoms. The third kappa shape index (κ3) is 3.17. The molecule has 0 unspecified atom stereocenters. The molecule has 0 saturated heterocycles. The van der Waals surface area contributed by atoms with E-state index in [1.807, 2.05) is 0 Å². The summed E-state index contributed by atoms with van der Waals surface area (Å²) < 4.78 is 23.7. The van der Waals surface area contributed by atoms with Crippen LogP contribution >= 0.6 is 11.6 Å². The van der Waals surface area contributed by atoms with Crippen LogP contribution in [-0.2, 0) is 13.0 Å². The predicted octanol–water partition coefficient (Wildman–Crippen LogP) is 2.57. The maximum atomic E-state index is 13.2. The van der Waals surface area contributed by atoms with Gasteiger partial charge in [0.15, 0.2) is 18.2 Å². The van der Waals surface area contributed by atoms with Crippen molar-refractivity contribution in [3.05, 3.63) is 41.9 Å². The van der Waals surface area contributed by atoms with Crippen LogP contribution in [0.1, 0.15) is 11.8 Å². The number of hydrogen-bond acceptors (Lipinski definition) is 4. The summed E-state index contributed by atoms with van der Waals surface area (Å²) in [7, 11) is 0. The molecule has 0 fully saturated rings. The molecule has 0 radical (unpaired) electrons. The van der Waals surface area contributed by atoms with Crippen LogP contribution in [0.4, 0.5) is 4.39 Å². The van der Waals surface area contributed by atoms with Gasteiger partial charge in [-0.1, -0.05) is 12.1 Å². The van der Waals surface area contributed by atoms with E-state index in [4.69, 9.17) is 20.8 Å². The second kappa shape index (κ2) is 5.63. The lowest BCUT2D eigenvalue weighted by molar-refractivity contribution is 0.249. The van der Waals surface area contributed by atoms with Gasteiger partial charge in [0.05, 0.1) is 0 Å². The topological polar surface area (TPSA) is 48.2 Å². The van der Waals surface area contributed by atoms with Crippen LogP contribution in [0.15, 0.2) is 28.7 Å². The average Bonchev–Trinajstić information content (AvgIpc) is 2.76. The van der Waals surface area contributed by atoms with Crippen LogP contribution in [0.25, 0.3) is 0 Å². The lowest BCUT2D eigenvalue weighted by Crippen LogP contribution is -1.97. The Morgan fingerprint density at radius 2 is 2.00 bits per heavy atom. The number of aromatic nitrogens is 2. The molecule has 0 amide bonds. The summed E-state index contributed by atoms with van der Waals surface area (Å²) in [5, 5.41) is 7.52. The summed E-state index contributed by atoms with van der Waals surface area (Å²) in [6, 6.07) is 6.13. The van der Waals surface area contributed by atoms with E-state index >= 15 is 0 Å². The standard InChI is InChI=1S/C11H10ClFN2O2/c12-6-5-10-14-15-11(17-10)7-16-9-4-2-1-3-8(9)13/h1-4H,5-7H2. The highest BCUT2D eigenvalue weighted by Gasteiger charge is 2.07. The predicted molar refractivity (Wildman–Crippen MR) is 59.5 cm³/mol. The van der Waals surface area contributed by atoms with Gasteiger partial charge in [0, 0.05) is 12.3 Å². The van der Waals surface area contributed by atoms with E-state index in [-0.39, 0.29) is 12.4 Å². The number of alkyl halides is 1. The highest BCUT2D eigenvalue weighted by molar-refractivity contribution is 6.17. The van der Waals surface area contributed by atoms with E-state index < -0.39 is 5.82 Å². The number of aryl methyl sites for hydroxylation is 1. The molecule has 0 saturated carbocycles. The van der Waals surface area contributed by atoms with Crippen LogP contribution in [0.5, 0.6) is 5.75 Å². The minimum Gasteiger partial charge on any atom is -0.481 e. The van der Waals surface area contributed by atoms with Crippen molar-refractivity contribution in [2.45, 2.75) is 13.0 Å². The fourth-order valence-corrected chi connectivity index (χ4v) is 1.39. The summed E-state index contributed by atoms with van der Waals surface area (Å²) >= 11 is 5.53. The molecule has 1 aromatic heterocycles. The minimum absolute atomic E-state index is 0.0379. The molecule has 0 aliphatic carbocycles. The van der Waals surface area contributed by atoms with Crippen LogP contribution in [0.3, 0.4) is 0 Å². The summed E-state index contributed by atoms with van der Waals surface area (Å²) in [6.45, 7) is 0.0379. The molecule has 2 aromatic rings. The smallest absolute Gasteiger partial charge is 0.253 e. The second-order valence-corrected chi connectivity index (χ2v) is 3.63. The van der Waals surface area contributed by atoms with Crippen molar-refractivity contribution >= 4 is 11.6 Å². The first-order chi connectivity index (χ1) is 8.29. The fraction of sp³-hybridized carbons (Fsp3) is 0.273. The molecule has 0 N–H and O–H groups in total. The van der Waals surface area contributed by atoms with Crippen molar-refractivity contribution in [2.24, 2.45) is 0 Å². The van der Waals surface area contributed by atoms with Gasteiger partial charge >= 0.3 is 0 Å². The number of benzene rings is 1. The zero-order chi connectivity index (χ0) is 12.1. The molecule has 2 rings (SSSR count). The number of ether oxygens (including phenoxy) is 1. The Kier molecular flexibility index (Phi) is 3.93. The van der Waals surface area contributed by atoms with E-state index in [9.17, 15) is 4.39 Å². The van der Waals surface area contributed by atoms with Gasteiger partial charge in [0.25, 0.3) is 5.89 Å². The van der Waals surface area contributed by atoms with Crippen LogP contribution < -0.4 is 4.74 Å². The van der Waals surface area contributed by atoms with Crippen LogP contribution in [0, 0.1) is 5.82 Å². The fourth-order valence-electron chi connectivity index (χ4n) is 1.23. The Hall–Kier alpha value is -1.62. The Morgan fingerprint density at radius 1 is 1.24 bits per heavy atom. The van der Waals surface area contributed by atoms with Gasteiger partial charge in [0.2, 0.25) is 5.89 Å². The van der Waals surface area contributed by atoms with Gasteiger partial charge in [0.1, 0.15) is 0 Å². The molecule has 90 valence electrons. The van der Waals surface area contributed by atoms with Crippen LogP contribution in [0.2, 0.25) is 0 Å². The van der Waals surface area contributed by atoms with Gasteiger partial charge < -0.3 is 9.15 Å². The van der Waals surface area contributed by atoms with E-state index in [1.54, 1.807) is 12.1 Å². The molecule has 4 nitrogen and oxygen atoms in total. The molecule has 0 aliphatic rings. The molecule has 0 atom stereocenters. The molecule has 6 heteroatoms. The Labute approximate surface area is 102 Å². The van der Waals surface area contributed by atoms with Crippen LogP contribution in [-0.4, -0.2) is 16.1 Å². The van der Waals surface area contributed by atoms with E-state index in [2.05, 4.69) is 10.2 Å². The normalized spacial score (nSPS) is 10.5. The summed E-state index contributed by atoms with van der Waals surface area (Å²) in [5.41, 5.74) is 0. The molecular formula is C11H10ClFN2O2. The lowest BCUT2D eigenvalue weighted by atomic mass is 10.3. The monoisotopic (exact) mass is 256 g/mol. The first-order valence-corrected chi connectivity index (χ1v) is 5.57. The van der Waals surface area contributed by atoms with Crippen molar-refractivity contribution in [2.75, 3.05) is 5.88 Å². The van der Waals surface area contributed by atoms with E-state index in [0.29, 0.717) is 24.1 Å². The second-order valence-electron chi connectivity index (χ2n) is 3.25. The first-order valence-electron chi connectivity index (χ1n) is 5.04. The quantitative estimate of drug-likeness (QED) is 0.772. The van der Waals surface area contributed by atoms with Gasteiger partial charge in [-0.3, -0.25) is 0 Å². The summed E-state index contributed by atoms with van der Waals surface area (Å²) in [4.78, 5) is 0. The molecule has 1 aromatic carbocycles.